The van der Waals surface area contributed by atoms with Crippen LogP contribution in [0.3, 0.4) is 0 Å². The Morgan fingerprint density at radius 3 is 0.726 bits per heavy atom. The van der Waals surface area contributed by atoms with Crippen molar-refractivity contribution in [2.24, 2.45) is 151 Å². The molecule has 0 spiro atoms. The number of hydrogen-bond acceptors (Lipinski definition) is 0. The second kappa shape index (κ2) is 35.2. The van der Waals surface area contributed by atoms with Crippen LogP contribution >= 0.6 is 0 Å². The summed E-state index contributed by atoms with van der Waals surface area (Å²) in [5, 5.41) is 0. The summed E-state index contributed by atoms with van der Waals surface area (Å²) in [6.45, 7) is 65.5. The minimum absolute atomic E-state index is 0.681. The fourth-order valence-corrected chi connectivity index (χ4v) is 16.6. The first-order valence-electron chi connectivity index (χ1n) is 38.8. The van der Waals surface area contributed by atoms with Crippen LogP contribution in [-0.2, 0) is 0 Å². The second-order valence-electron chi connectivity index (χ2n) is 38.4. The monoisotopic (exact) mass is 1170 g/mol. The Labute approximate surface area is 534 Å². The summed E-state index contributed by atoms with van der Waals surface area (Å²) in [5.74, 6) is 21.1. The fourth-order valence-electron chi connectivity index (χ4n) is 16.6. The lowest BCUT2D eigenvalue weighted by Gasteiger charge is -2.42. The second-order valence-corrected chi connectivity index (χ2v) is 38.4. The average molecular weight is 1170 g/mol. The zero-order valence-corrected chi connectivity index (χ0v) is 63.8. The zero-order chi connectivity index (χ0) is 63.8. The highest BCUT2D eigenvalue weighted by molar-refractivity contribution is 5.00. The van der Waals surface area contributed by atoms with Crippen molar-refractivity contribution in [3.63, 3.8) is 0 Å². The first-order valence-corrected chi connectivity index (χ1v) is 38.8. The Bertz CT molecular complexity index is 1570. The summed E-state index contributed by atoms with van der Waals surface area (Å²) < 4.78 is 0. The van der Waals surface area contributed by atoms with Gasteiger partial charge >= 0.3 is 0 Å². The molecular formula is C84H164. The molecule has 14 fully saturated rings. The van der Waals surface area contributed by atoms with Crippen molar-refractivity contribution in [2.45, 2.75) is 386 Å². The van der Waals surface area contributed by atoms with E-state index in [1.165, 1.54) is 185 Å². The summed E-state index contributed by atoms with van der Waals surface area (Å²) >= 11 is 0. The van der Waals surface area contributed by atoms with Gasteiger partial charge in [-0.3, -0.25) is 0 Å². The Balaban J connectivity index is 0.000000240. The number of hydrogen-bond donors (Lipinski definition) is 0. The molecule has 0 aromatic rings. The van der Waals surface area contributed by atoms with Crippen LogP contribution in [0.2, 0.25) is 0 Å². The third-order valence-corrected chi connectivity index (χ3v) is 27.6. The van der Waals surface area contributed by atoms with E-state index in [1.54, 1.807) is 19.3 Å². The van der Waals surface area contributed by atoms with E-state index in [0.29, 0.717) is 21.7 Å². The van der Waals surface area contributed by atoms with E-state index < -0.39 is 0 Å². The van der Waals surface area contributed by atoms with E-state index in [2.05, 4.69) is 194 Å². The molecule has 0 aromatic heterocycles. The lowest BCUT2D eigenvalue weighted by molar-refractivity contribution is 0.0891. The first kappa shape index (κ1) is 78.2. The Hall–Kier alpha value is 0. The van der Waals surface area contributed by atoms with Gasteiger partial charge < -0.3 is 0 Å². The molecule has 0 heteroatoms. The lowest BCUT2D eigenvalue weighted by atomic mass is 9.64. The molecular weight excluding hydrogens is 1010 g/mol. The highest BCUT2D eigenvalue weighted by Gasteiger charge is 2.49. The van der Waals surface area contributed by atoms with Crippen molar-refractivity contribution in [2.75, 3.05) is 0 Å². The van der Waals surface area contributed by atoms with Gasteiger partial charge in [0.25, 0.3) is 0 Å². The summed E-state index contributed by atoms with van der Waals surface area (Å²) in [5.41, 5.74) is 4.37. The van der Waals surface area contributed by atoms with Gasteiger partial charge in [0.1, 0.15) is 0 Å². The van der Waals surface area contributed by atoms with Gasteiger partial charge in [0.15, 0.2) is 0 Å². The van der Waals surface area contributed by atoms with E-state index >= 15 is 0 Å². The van der Waals surface area contributed by atoms with E-state index in [0.717, 1.165) is 117 Å². The minimum Gasteiger partial charge on any atom is -0.0651 e. The number of rotatable bonds is 6. The van der Waals surface area contributed by atoms with Gasteiger partial charge in [-0.15, -0.1) is 0 Å². The van der Waals surface area contributed by atoms with Gasteiger partial charge in [0.05, 0.1) is 0 Å². The molecule has 84 heavy (non-hydrogen) atoms. The molecule has 0 bridgehead atoms. The predicted molar refractivity (Wildman–Crippen MR) is 382 cm³/mol. The van der Waals surface area contributed by atoms with Crippen LogP contribution in [-0.4, -0.2) is 0 Å². The predicted octanol–water partition coefficient (Wildman–Crippen LogP) is 28.5. The maximum atomic E-state index is 2.44. The minimum atomic E-state index is 0.681. The smallest absolute Gasteiger partial charge is 0.0297 e. The molecule has 0 aromatic carbocycles. The standard InChI is InChI=1S/2C7H12.10C7H14/c1-7(4-5-7)6-2-3-6;1-5-4-7(5)6-2-3-6;2*1-6-4-7(2,3)5-6;2*1-6-4-5-7(6,2)3;2*1-5-4-6(2)7(5)3;2*1-3-7-4-6(2)5-7;1-3-7(2)5-4-6-7;1-3-7-5-4-6(7)2/h6H,2-5H2,1H3;5-7H,2-4H2,1H3;4*6H,4-5H2,1-3H3;2*5-7H,4H2,1-3H3;2*6-7H,3-5H2,1-2H3;3-6H2,1-2H3;6-7H,3-5H2,1-2H3/t;5-,7?;;;6-;;;;;;;/m.0..0......./s1. The first-order chi connectivity index (χ1) is 38.8. The van der Waals surface area contributed by atoms with Crippen LogP contribution in [0, 0.1) is 151 Å². The molecule has 0 radical (unpaired) electrons. The zero-order valence-electron chi connectivity index (χ0n) is 63.8. The Morgan fingerprint density at radius 1 is 0.333 bits per heavy atom. The molecule has 0 heterocycles. The van der Waals surface area contributed by atoms with Crippen LogP contribution < -0.4 is 0 Å². The van der Waals surface area contributed by atoms with Gasteiger partial charge in [0.2, 0.25) is 0 Å². The molecule has 14 aliphatic carbocycles. The summed E-state index contributed by atoms with van der Waals surface area (Å²) in [6, 6.07) is 0. The van der Waals surface area contributed by atoms with E-state index in [9.17, 15) is 0 Å². The molecule has 8 unspecified atom stereocenters. The van der Waals surface area contributed by atoms with E-state index in [4.69, 9.17) is 0 Å². The molecule has 14 saturated carbocycles. The largest absolute Gasteiger partial charge is 0.0651 e. The van der Waals surface area contributed by atoms with Crippen molar-refractivity contribution < 1.29 is 0 Å². The maximum Gasteiger partial charge on any atom is -0.0297 e. The van der Waals surface area contributed by atoms with Gasteiger partial charge in [0, 0.05) is 0 Å². The molecule has 0 N–H and O–H groups in total. The van der Waals surface area contributed by atoms with Gasteiger partial charge in [-0.1, -0.05) is 232 Å². The van der Waals surface area contributed by atoms with Crippen molar-refractivity contribution >= 4 is 0 Å². The van der Waals surface area contributed by atoms with Gasteiger partial charge in [-0.25, -0.2) is 0 Å². The normalized spacial score (nSPS) is 39.0. The Morgan fingerprint density at radius 2 is 0.690 bits per heavy atom. The molecule has 0 aliphatic heterocycles. The SMILES string of the molecule is CC1(C2CC2)CC1.CC1CC(C)(C)C1.CC1CC(C)(C)C1.CC1CC(C)C1C.CC1CC(C)C1C.CC1CCC1(C)C.CCC1(C)CCC1.CCC1CC(C)C1.CCC1CC(C)C1.CCC1CCC1C.C[C@H]1CC1C1CC1.C[C@H]1CCC1(C)C. The molecule has 0 nitrogen and oxygen atoms in total. The average Bonchev–Trinajstić information content (AvgIpc) is 4.18. The Kier molecular flexibility index (Phi) is 32.7. The summed E-state index contributed by atoms with van der Waals surface area (Å²) in [6.07, 6.45) is 44.2. The van der Waals surface area contributed by atoms with Crippen molar-refractivity contribution in [3.8, 4) is 0 Å². The van der Waals surface area contributed by atoms with Crippen LogP contribution in [0.5, 0.6) is 0 Å². The third kappa shape index (κ3) is 28.7. The van der Waals surface area contributed by atoms with Crippen molar-refractivity contribution in [3.05, 3.63) is 0 Å². The van der Waals surface area contributed by atoms with Crippen LogP contribution in [0.1, 0.15) is 386 Å². The molecule has 14 rings (SSSR count). The lowest BCUT2D eigenvalue weighted by Crippen LogP contribution is -2.31. The fraction of sp³-hybridized carbons (Fsp3) is 1.00. The van der Waals surface area contributed by atoms with E-state index in [1.807, 2.05) is 0 Å². The van der Waals surface area contributed by atoms with Crippen LogP contribution in [0.4, 0.5) is 0 Å². The van der Waals surface area contributed by atoms with Crippen LogP contribution in [0.15, 0.2) is 0 Å². The quantitative estimate of drug-likeness (QED) is 0.249. The van der Waals surface area contributed by atoms with Gasteiger partial charge in [-0.05, 0) is 305 Å². The maximum absolute atomic E-state index is 2.44. The molecule has 10 atom stereocenters. The highest BCUT2D eigenvalue weighted by Crippen LogP contribution is 2.61. The van der Waals surface area contributed by atoms with Crippen LogP contribution in [0.25, 0.3) is 0 Å². The summed E-state index contributed by atoms with van der Waals surface area (Å²) in [7, 11) is 0. The van der Waals surface area contributed by atoms with Gasteiger partial charge in [-0.2, -0.15) is 0 Å². The summed E-state index contributed by atoms with van der Waals surface area (Å²) in [4.78, 5) is 0. The topological polar surface area (TPSA) is 0 Å². The molecule has 0 amide bonds. The molecule has 0 saturated heterocycles. The molecule has 500 valence electrons. The molecule has 14 aliphatic rings. The van der Waals surface area contributed by atoms with E-state index in [-0.39, 0.29) is 0 Å². The van der Waals surface area contributed by atoms with Crippen molar-refractivity contribution in [1.82, 2.24) is 0 Å². The highest BCUT2D eigenvalue weighted by atomic mass is 14.5. The third-order valence-electron chi connectivity index (χ3n) is 27.6. The van der Waals surface area contributed by atoms with Crippen molar-refractivity contribution in [1.29, 1.82) is 0 Å².